The van der Waals surface area contributed by atoms with Crippen LogP contribution in [-0.2, 0) is 6.54 Å². The molecule has 1 saturated heterocycles. The van der Waals surface area contributed by atoms with Gasteiger partial charge >= 0.3 is 0 Å². The van der Waals surface area contributed by atoms with Crippen molar-refractivity contribution in [1.29, 1.82) is 0 Å². The van der Waals surface area contributed by atoms with Gasteiger partial charge in [0.05, 0.1) is 12.2 Å². The van der Waals surface area contributed by atoms with E-state index in [0.29, 0.717) is 29.7 Å². The summed E-state index contributed by atoms with van der Waals surface area (Å²) in [5, 5.41) is 3.44. The maximum absolute atomic E-state index is 12.3. The second kappa shape index (κ2) is 7.59. The van der Waals surface area contributed by atoms with E-state index in [4.69, 9.17) is 10.7 Å². The third-order valence-corrected chi connectivity index (χ3v) is 5.33. The number of piperidine rings is 1. The Bertz CT molecular complexity index is 950. The summed E-state index contributed by atoms with van der Waals surface area (Å²) >= 11 is 0. The van der Waals surface area contributed by atoms with Crippen molar-refractivity contribution < 1.29 is 4.79 Å². The monoisotopic (exact) mass is 378 g/mol. The Balaban J connectivity index is 1.64. The summed E-state index contributed by atoms with van der Waals surface area (Å²) in [6, 6.07) is 7.64. The molecule has 4 rings (SSSR count). The van der Waals surface area contributed by atoms with Gasteiger partial charge in [-0.05, 0) is 42.7 Å². The standard InChI is InChI=1S/C21H26N6O/c1-26(2)21(28)15-6-3-5-14(9-15)17-11-24-19(22)20-25-18(13-27(20)12-17)16-7-4-8-23-10-16/h3,5-6,9,11,13,16,23H,4,7-8,10,12H2,1-2H3,(H2,22,24). The van der Waals surface area contributed by atoms with Crippen molar-refractivity contribution in [2.45, 2.75) is 25.3 Å². The number of nitrogens with one attached hydrogen (secondary N) is 1. The normalized spacial score (nSPS) is 19.3. The van der Waals surface area contributed by atoms with Gasteiger partial charge in [0.1, 0.15) is 0 Å². The summed E-state index contributed by atoms with van der Waals surface area (Å²) in [7, 11) is 3.51. The van der Waals surface area contributed by atoms with E-state index in [9.17, 15) is 4.79 Å². The molecule has 1 aromatic carbocycles. The Morgan fingerprint density at radius 2 is 2.21 bits per heavy atom. The summed E-state index contributed by atoms with van der Waals surface area (Å²) in [5.74, 6) is 1.53. The molecular formula is C21H26N6O. The molecule has 0 aliphatic carbocycles. The Morgan fingerprint density at radius 3 is 2.96 bits per heavy atom. The Hall–Kier alpha value is -2.93. The smallest absolute Gasteiger partial charge is 0.253 e. The Morgan fingerprint density at radius 1 is 1.36 bits per heavy atom. The molecule has 2 aliphatic rings. The maximum Gasteiger partial charge on any atom is 0.253 e. The zero-order valence-electron chi connectivity index (χ0n) is 16.4. The zero-order valence-corrected chi connectivity index (χ0v) is 16.4. The zero-order chi connectivity index (χ0) is 19.7. The SMILES string of the molecule is CN(C)C(=O)c1cccc(C2=CN=C(N)c3nc(C4CCCNC4)cn3C2)c1. The lowest BCUT2D eigenvalue weighted by molar-refractivity contribution is 0.0827. The number of aliphatic imine (C=N–C) groups is 1. The highest BCUT2D eigenvalue weighted by atomic mass is 16.2. The van der Waals surface area contributed by atoms with Gasteiger partial charge in [0.15, 0.2) is 11.7 Å². The van der Waals surface area contributed by atoms with Crippen LogP contribution < -0.4 is 11.1 Å². The molecule has 1 aromatic heterocycles. The first-order valence-corrected chi connectivity index (χ1v) is 9.65. The first-order chi connectivity index (χ1) is 13.5. The molecule has 0 saturated carbocycles. The van der Waals surface area contributed by atoms with E-state index in [2.05, 4.69) is 21.1 Å². The van der Waals surface area contributed by atoms with Crippen LogP contribution >= 0.6 is 0 Å². The molecule has 0 spiro atoms. The van der Waals surface area contributed by atoms with Crippen molar-refractivity contribution in [3.63, 3.8) is 0 Å². The Kier molecular flexibility index (Phi) is 5.00. The van der Waals surface area contributed by atoms with Crippen molar-refractivity contribution >= 4 is 17.3 Å². The lowest BCUT2D eigenvalue weighted by Crippen LogP contribution is -2.28. The average Bonchev–Trinajstić information content (AvgIpc) is 3.08. The summed E-state index contributed by atoms with van der Waals surface area (Å²) in [4.78, 5) is 23.1. The lowest BCUT2D eigenvalue weighted by atomic mass is 9.97. The van der Waals surface area contributed by atoms with E-state index in [-0.39, 0.29) is 5.91 Å². The van der Waals surface area contributed by atoms with Crippen LogP contribution in [0.25, 0.3) is 5.57 Å². The van der Waals surface area contributed by atoms with Gasteiger partial charge in [0.25, 0.3) is 5.91 Å². The van der Waals surface area contributed by atoms with Gasteiger partial charge in [-0.25, -0.2) is 9.98 Å². The highest BCUT2D eigenvalue weighted by Gasteiger charge is 2.22. The fourth-order valence-electron chi connectivity index (χ4n) is 3.77. The van der Waals surface area contributed by atoms with Crippen LogP contribution in [0, 0.1) is 0 Å². The van der Waals surface area contributed by atoms with Crippen LogP contribution in [0.3, 0.4) is 0 Å². The maximum atomic E-state index is 12.3. The van der Waals surface area contributed by atoms with Crippen molar-refractivity contribution in [1.82, 2.24) is 19.8 Å². The first-order valence-electron chi connectivity index (χ1n) is 9.65. The number of aromatic nitrogens is 2. The number of fused-ring (bicyclic) bond motifs is 1. The van der Waals surface area contributed by atoms with Crippen LogP contribution in [-0.4, -0.2) is 53.4 Å². The number of rotatable bonds is 3. The third-order valence-electron chi connectivity index (χ3n) is 5.33. The molecular weight excluding hydrogens is 352 g/mol. The van der Waals surface area contributed by atoms with Crippen molar-refractivity contribution in [3.05, 3.63) is 59.3 Å². The molecule has 7 nitrogen and oxygen atoms in total. The number of carbonyl (C=O) groups excluding carboxylic acids is 1. The number of amidine groups is 1. The molecule has 0 bridgehead atoms. The van der Waals surface area contributed by atoms with Crippen LogP contribution in [0.2, 0.25) is 0 Å². The number of hydrogen-bond acceptors (Lipinski definition) is 5. The van der Waals surface area contributed by atoms with Crippen molar-refractivity contribution in [2.75, 3.05) is 27.2 Å². The highest BCUT2D eigenvalue weighted by molar-refractivity contribution is 5.97. The minimum absolute atomic E-state index is 0.0190. The van der Waals surface area contributed by atoms with E-state index >= 15 is 0 Å². The van der Waals surface area contributed by atoms with Gasteiger partial charge in [0, 0.05) is 44.5 Å². The van der Waals surface area contributed by atoms with Crippen molar-refractivity contribution in [2.24, 2.45) is 10.7 Å². The van der Waals surface area contributed by atoms with E-state index in [1.54, 1.807) is 25.2 Å². The summed E-state index contributed by atoms with van der Waals surface area (Å²) < 4.78 is 2.07. The van der Waals surface area contributed by atoms with Crippen LogP contribution in [0.15, 0.2) is 41.7 Å². The van der Waals surface area contributed by atoms with Gasteiger partial charge in [-0.2, -0.15) is 0 Å². The quantitative estimate of drug-likeness (QED) is 0.853. The molecule has 3 heterocycles. The molecule has 0 radical (unpaired) electrons. The topological polar surface area (TPSA) is 88.5 Å². The molecule has 2 aliphatic heterocycles. The minimum atomic E-state index is -0.0190. The highest BCUT2D eigenvalue weighted by Crippen LogP contribution is 2.26. The number of benzene rings is 1. The molecule has 3 N–H and O–H groups in total. The molecule has 7 heteroatoms. The molecule has 1 amide bonds. The number of nitrogens with two attached hydrogens (primary N) is 1. The van der Waals surface area contributed by atoms with E-state index in [1.807, 2.05) is 24.3 Å². The molecule has 1 unspecified atom stereocenters. The largest absolute Gasteiger partial charge is 0.381 e. The van der Waals surface area contributed by atoms with Gasteiger partial charge in [-0.1, -0.05) is 12.1 Å². The molecule has 2 aromatic rings. The van der Waals surface area contributed by atoms with Gasteiger partial charge in [0.2, 0.25) is 0 Å². The van der Waals surface area contributed by atoms with Crippen LogP contribution in [0.1, 0.15) is 46.2 Å². The Labute approximate surface area is 165 Å². The van der Waals surface area contributed by atoms with E-state index in [0.717, 1.165) is 42.8 Å². The minimum Gasteiger partial charge on any atom is -0.381 e. The van der Waals surface area contributed by atoms with Crippen LogP contribution in [0.4, 0.5) is 0 Å². The molecule has 1 atom stereocenters. The summed E-state index contributed by atoms with van der Waals surface area (Å²) in [5.41, 5.74) is 9.88. The molecule has 146 valence electrons. The number of imidazole rings is 1. The van der Waals surface area contributed by atoms with Gasteiger partial charge < -0.3 is 20.5 Å². The second-order valence-corrected chi connectivity index (χ2v) is 7.61. The predicted octanol–water partition coefficient (Wildman–Crippen LogP) is 1.81. The van der Waals surface area contributed by atoms with Crippen molar-refractivity contribution in [3.8, 4) is 0 Å². The number of nitrogens with zero attached hydrogens (tertiary/aromatic N) is 4. The summed E-state index contributed by atoms with van der Waals surface area (Å²) in [6.07, 6.45) is 6.18. The van der Waals surface area contributed by atoms with Gasteiger partial charge in [-0.15, -0.1) is 0 Å². The predicted molar refractivity (Wildman–Crippen MR) is 110 cm³/mol. The fraction of sp³-hybridized carbons (Fsp3) is 0.381. The number of allylic oxidation sites excluding steroid dienone is 1. The molecule has 28 heavy (non-hydrogen) atoms. The number of hydrogen-bond donors (Lipinski definition) is 2. The van der Waals surface area contributed by atoms with E-state index < -0.39 is 0 Å². The third kappa shape index (κ3) is 3.57. The first kappa shape index (κ1) is 18.4. The summed E-state index contributed by atoms with van der Waals surface area (Å²) in [6.45, 7) is 2.64. The number of amides is 1. The number of carbonyl (C=O) groups is 1. The van der Waals surface area contributed by atoms with E-state index in [1.165, 1.54) is 0 Å². The van der Waals surface area contributed by atoms with Crippen LogP contribution in [0.5, 0.6) is 0 Å². The van der Waals surface area contributed by atoms with Gasteiger partial charge in [-0.3, -0.25) is 4.79 Å². The second-order valence-electron chi connectivity index (χ2n) is 7.61. The average molecular weight is 378 g/mol. The fourth-order valence-corrected chi connectivity index (χ4v) is 3.77. The molecule has 1 fully saturated rings. The lowest BCUT2D eigenvalue weighted by Gasteiger charge is -2.20.